The second-order valence-electron chi connectivity index (χ2n) is 4.05. The summed E-state index contributed by atoms with van der Waals surface area (Å²) in [6.07, 6.45) is -3.26. The molecule has 6 heteroatoms. The number of hydrogen-bond acceptors (Lipinski definition) is 2. The molecule has 0 saturated carbocycles. The predicted molar refractivity (Wildman–Crippen MR) is 64.0 cm³/mol. The molecule has 96 valence electrons. The first-order chi connectivity index (χ1) is 8.98. The molecule has 0 fully saturated rings. The fourth-order valence-corrected chi connectivity index (χ4v) is 2.00. The van der Waals surface area contributed by atoms with E-state index in [1.54, 1.807) is 12.1 Å². The van der Waals surface area contributed by atoms with Gasteiger partial charge in [0.25, 0.3) is 5.56 Å². The summed E-state index contributed by atoms with van der Waals surface area (Å²) in [7, 11) is 0. The Balaban J connectivity index is 2.55. The van der Waals surface area contributed by atoms with Crippen molar-refractivity contribution >= 4 is 16.6 Å². The lowest BCUT2D eigenvalue weighted by Gasteiger charge is -2.10. The van der Waals surface area contributed by atoms with E-state index >= 15 is 0 Å². The number of fused-ring (bicyclic) bond motifs is 2. The van der Waals surface area contributed by atoms with Gasteiger partial charge in [-0.1, -0.05) is 12.1 Å². The molecule has 1 aromatic carbocycles. The Morgan fingerprint density at radius 3 is 2.53 bits per heavy atom. The molecule has 0 spiro atoms. The zero-order valence-corrected chi connectivity index (χ0v) is 9.48. The van der Waals surface area contributed by atoms with E-state index in [0.717, 1.165) is 10.5 Å². The monoisotopic (exact) mass is 264 g/mol. The molecule has 0 bridgehead atoms. The molecule has 2 heterocycles. The van der Waals surface area contributed by atoms with Crippen molar-refractivity contribution in [2.75, 3.05) is 0 Å². The van der Waals surface area contributed by atoms with E-state index in [2.05, 4.69) is 4.98 Å². The molecule has 0 atom stereocenters. The number of pyridine rings is 1. The quantitative estimate of drug-likeness (QED) is 0.585. The van der Waals surface area contributed by atoms with Crippen molar-refractivity contribution in [2.45, 2.75) is 6.18 Å². The molecule has 19 heavy (non-hydrogen) atoms. The highest BCUT2D eigenvalue weighted by Gasteiger charge is 2.33. The van der Waals surface area contributed by atoms with E-state index in [1.165, 1.54) is 24.4 Å². The third-order valence-electron chi connectivity index (χ3n) is 2.85. The topological polar surface area (TPSA) is 34.4 Å². The first-order valence-corrected chi connectivity index (χ1v) is 5.46. The first-order valence-electron chi connectivity index (χ1n) is 5.46. The van der Waals surface area contributed by atoms with E-state index in [1.807, 2.05) is 0 Å². The summed E-state index contributed by atoms with van der Waals surface area (Å²) in [5, 5.41) is 0.291. The zero-order chi connectivity index (χ0) is 13.6. The number of rotatable bonds is 0. The molecule has 0 amide bonds. The third kappa shape index (κ3) is 1.76. The number of hydrogen-bond donors (Lipinski definition) is 0. The molecule has 0 aliphatic heterocycles. The van der Waals surface area contributed by atoms with Crippen LogP contribution in [-0.2, 0) is 6.18 Å². The van der Waals surface area contributed by atoms with Crippen LogP contribution in [0.1, 0.15) is 5.56 Å². The van der Waals surface area contributed by atoms with E-state index in [-0.39, 0.29) is 11.2 Å². The highest BCUT2D eigenvalue weighted by atomic mass is 19.4. The van der Waals surface area contributed by atoms with Crippen molar-refractivity contribution in [3.05, 3.63) is 58.5 Å². The second-order valence-corrected chi connectivity index (χ2v) is 4.05. The van der Waals surface area contributed by atoms with Gasteiger partial charge >= 0.3 is 6.18 Å². The lowest BCUT2D eigenvalue weighted by Crippen LogP contribution is -2.18. The van der Waals surface area contributed by atoms with Gasteiger partial charge in [0.1, 0.15) is 0 Å². The van der Waals surface area contributed by atoms with Gasteiger partial charge in [-0.15, -0.1) is 0 Å². The number of nitrogens with zero attached hydrogens (tertiary/aromatic N) is 2. The summed E-state index contributed by atoms with van der Waals surface area (Å²) in [5.74, 6) is 0. The van der Waals surface area contributed by atoms with Gasteiger partial charge < -0.3 is 0 Å². The summed E-state index contributed by atoms with van der Waals surface area (Å²) in [4.78, 5) is 16.1. The van der Waals surface area contributed by atoms with Crippen molar-refractivity contribution in [3.8, 4) is 0 Å². The van der Waals surface area contributed by atoms with Gasteiger partial charge in [0.05, 0.1) is 16.5 Å². The van der Waals surface area contributed by atoms with Crippen molar-refractivity contribution in [1.82, 2.24) is 9.38 Å². The highest BCUT2D eigenvalue weighted by Crippen LogP contribution is 2.31. The molecule has 0 N–H and O–H groups in total. The SMILES string of the molecule is O=c1c2ccccc2nc2c(C(F)(F)F)cccn12. The van der Waals surface area contributed by atoms with Crippen LogP contribution in [0.3, 0.4) is 0 Å². The second kappa shape index (κ2) is 3.81. The molecule has 2 aromatic heterocycles. The molecule has 0 unspecified atom stereocenters. The average molecular weight is 264 g/mol. The molecule has 0 aliphatic carbocycles. The maximum Gasteiger partial charge on any atom is 0.419 e. The van der Waals surface area contributed by atoms with Gasteiger partial charge in [0.2, 0.25) is 0 Å². The van der Waals surface area contributed by atoms with Crippen molar-refractivity contribution in [3.63, 3.8) is 0 Å². The Morgan fingerprint density at radius 1 is 1.05 bits per heavy atom. The van der Waals surface area contributed by atoms with Crippen LogP contribution < -0.4 is 5.56 Å². The van der Waals surface area contributed by atoms with Gasteiger partial charge in [-0.2, -0.15) is 13.2 Å². The molecule has 3 aromatic rings. The van der Waals surface area contributed by atoms with Crippen LogP contribution in [0, 0.1) is 0 Å². The van der Waals surface area contributed by atoms with E-state index < -0.39 is 17.3 Å². The molecular formula is C13H7F3N2O. The Morgan fingerprint density at radius 2 is 1.79 bits per heavy atom. The van der Waals surface area contributed by atoms with Crippen LogP contribution in [0.2, 0.25) is 0 Å². The number of halogens is 3. The minimum atomic E-state index is -4.55. The summed E-state index contributed by atoms with van der Waals surface area (Å²) in [5.41, 5.74) is -1.55. The minimum Gasteiger partial charge on any atom is -0.268 e. The van der Waals surface area contributed by atoms with Gasteiger partial charge in [-0.05, 0) is 24.3 Å². The summed E-state index contributed by atoms with van der Waals surface area (Å²) < 4.78 is 39.6. The van der Waals surface area contributed by atoms with Crippen LogP contribution in [0.15, 0.2) is 47.4 Å². The van der Waals surface area contributed by atoms with Crippen LogP contribution in [0.25, 0.3) is 16.6 Å². The fraction of sp³-hybridized carbons (Fsp3) is 0.0769. The fourth-order valence-electron chi connectivity index (χ4n) is 2.00. The lowest BCUT2D eigenvalue weighted by molar-refractivity contribution is -0.136. The van der Waals surface area contributed by atoms with Gasteiger partial charge in [-0.25, -0.2) is 4.98 Å². The Kier molecular flexibility index (Phi) is 2.35. The van der Waals surface area contributed by atoms with Crippen LogP contribution >= 0.6 is 0 Å². The maximum atomic E-state index is 12.9. The maximum absolute atomic E-state index is 12.9. The van der Waals surface area contributed by atoms with Crippen molar-refractivity contribution in [1.29, 1.82) is 0 Å². The third-order valence-corrected chi connectivity index (χ3v) is 2.85. The van der Waals surface area contributed by atoms with Gasteiger partial charge in [0, 0.05) is 6.20 Å². The molecule has 0 saturated heterocycles. The normalized spacial score (nSPS) is 12.2. The zero-order valence-electron chi connectivity index (χ0n) is 9.48. The predicted octanol–water partition coefficient (Wildman–Crippen LogP) is 2.87. The number of aromatic nitrogens is 2. The van der Waals surface area contributed by atoms with Crippen LogP contribution in [0.4, 0.5) is 13.2 Å². The molecule has 3 nitrogen and oxygen atoms in total. The number of benzene rings is 1. The van der Waals surface area contributed by atoms with E-state index in [0.29, 0.717) is 5.39 Å². The van der Waals surface area contributed by atoms with Crippen molar-refractivity contribution < 1.29 is 13.2 Å². The van der Waals surface area contributed by atoms with Crippen LogP contribution in [0.5, 0.6) is 0 Å². The molecule has 0 radical (unpaired) electrons. The van der Waals surface area contributed by atoms with Crippen molar-refractivity contribution in [2.24, 2.45) is 0 Å². The molecule has 3 rings (SSSR count). The minimum absolute atomic E-state index is 0.254. The first kappa shape index (κ1) is 11.7. The van der Waals surface area contributed by atoms with E-state index in [4.69, 9.17) is 0 Å². The van der Waals surface area contributed by atoms with Crippen LogP contribution in [-0.4, -0.2) is 9.38 Å². The smallest absolute Gasteiger partial charge is 0.268 e. The standard InChI is InChI=1S/C13H7F3N2O/c14-13(15,16)9-5-3-7-18-11(9)17-10-6-2-1-4-8(10)12(18)19/h1-7H. The summed E-state index contributed by atoms with van der Waals surface area (Å²) >= 11 is 0. The highest BCUT2D eigenvalue weighted by molar-refractivity contribution is 5.80. The average Bonchev–Trinajstić information content (AvgIpc) is 2.37. The Hall–Kier alpha value is -2.37. The summed E-state index contributed by atoms with van der Waals surface area (Å²) in [6.45, 7) is 0. The van der Waals surface area contributed by atoms with E-state index in [9.17, 15) is 18.0 Å². The van der Waals surface area contributed by atoms with Gasteiger partial charge in [0.15, 0.2) is 5.65 Å². The Labute approximate surface area is 104 Å². The largest absolute Gasteiger partial charge is 0.419 e. The number of para-hydroxylation sites is 1. The van der Waals surface area contributed by atoms with Gasteiger partial charge in [-0.3, -0.25) is 9.20 Å². The number of alkyl halides is 3. The Bertz CT molecular complexity index is 837. The lowest BCUT2D eigenvalue weighted by atomic mass is 10.2. The molecular weight excluding hydrogens is 257 g/mol. The summed E-state index contributed by atoms with van der Waals surface area (Å²) in [6, 6.07) is 8.43. The molecule has 0 aliphatic rings.